The molecule has 7 heteroatoms. The van der Waals surface area contributed by atoms with Gasteiger partial charge < -0.3 is 9.74 Å². The van der Waals surface area contributed by atoms with E-state index in [4.69, 9.17) is 4.84 Å². The molecular weight excluding hydrogens is 369 g/mol. The third kappa shape index (κ3) is 4.72. The first-order valence-corrected chi connectivity index (χ1v) is 10.5. The Morgan fingerprint density at radius 3 is 2.59 bits per heavy atom. The zero-order valence-electron chi connectivity index (χ0n) is 17.0. The van der Waals surface area contributed by atoms with E-state index in [-0.39, 0.29) is 5.82 Å². The minimum atomic E-state index is -0.188. The van der Waals surface area contributed by atoms with E-state index in [1.165, 1.54) is 32.4 Å². The number of anilines is 1. The Hall–Kier alpha value is -2.54. The summed E-state index contributed by atoms with van der Waals surface area (Å²) in [5.41, 5.74) is 2.94. The van der Waals surface area contributed by atoms with Gasteiger partial charge in [0.2, 0.25) is 5.95 Å². The second-order valence-electron chi connectivity index (χ2n) is 7.65. The summed E-state index contributed by atoms with van der Waals surface area (Å²) >= 11 is 0. The van der Waals surface area contributed by atoms with Crippen LogP contribution in [0, 0.1) is 5.82 Å². The standard InChI is InChI=1S/C22H28FN5O/c1-2-17-7-6-8-20(21(17)23)18-13-24-22(25-14-18)28-15-19(16-28)26-29-12-11-27-9-4-3-5-10-27/h6-8,13-14H,2-5,9-12,15-16H2,1H3. The molecule has 0 atom stereocenters. The predicted molar refractivity (Wildman–Crippen MR) is 113 cm³/mol. The first kappa shape index (κ1) is 19.8. The summed E-state index contributed by atoms with van der Waals surface area (Å²) in [6.07, 6.45) is 7.96. The molecule has 2 aromatic rings. The second kappa shape index (κ2) is 9.31. The molecule has 0 unspecified atom stereocenters. The van der Waals surface area contributed by atoms with Crippen LogP contribution < -0.4 is 4.90 Å². The van der Waals surface area contributed by atoms with Crippen LogP contribution in [0.3, 0.4) is 0 Å². The Balaban J connectivity index is 1.27. The molecular formula is C22H28FN5O. The number of aromatic nitrogens is 2. The highest BCUT2D eigenvalue weighted by atomic mass is 19.1. The molecule has 2 aliphatic rings. The number of benzene rings is 1. The molecule has 0 spiro atoms. The fourth-order valence-corrected chi connectivity index (χ4v) is 3.78. The average Bonchev–Trinajstić information content (AvgIpc) is 2.73. The van der Waals surface area contributed by atoms with Gasteiger partial charge in [-0.3, -0.25) is 4.90 Å². The minimum Gasteiger partial charge on any atom is -0.394 e. The maximum absolute atomic E-state index is 14.5. The number of hydrogen-bond acceptors (Lipinski definition) is 6. The Bertz CT molecular complexity index is 841. The third-order valence-electron chi connectivity index (χ3n) is 5.58. The van der Waals surface area contributed by atoms with Crippen molar-refractivity contribution in [3.8, 4) is 11.1 Å². The Kier molecular flexibility index (Phi) is 6.34. The van der Waals surface area contributed by atoms with E-state index in [0.29, 0.717) is 48.8 Å². The lowest BCUT2D eigenvalue weighted by Crippen LogP contribution is -2.48. The molecule has 2 aliphatic heterocycles. The summed E-state index contributed by atoms with van der Waals surface area (Å²) in [7, 11) is 0. The van der Waals surface area contributed by atoms with E-state index in [1.807, 2.05) is 24.0 Å². The van der Waals surface area contributed by atoms with Crippen molar-refractivity contribution in [1.82, 2.24) is 14.9 Å². The SMILES string of the molecule is CCc1cccc(-c2cnc(N3CC(=NOCCN4CCCCC4)C3)nc2)c1F. The molecule has 1 aromatic carbocycles. The zero-order valence-corrected chi connectivity index (χ0v) is 17.0. The minimum absolute atomic E-state index is 0.188. The second-order valence-corrected chi connectivity index (χ2v) is 7.65. The molecule has 154 valence electrons. The highest BCUT2D eigenvalue weighted by molar-refractivity contribution is 5.98. The number of hydrogen-bond donors (Lipinski definition) is 0. The van der Waals surface area contributed by atoms with E-state index in [0.717, 1.165) is 12.3 Å². The monoisotopic (exact) mass is 397 g/mol. The Morgan fingerprint density at radius 2 is 1.86 bits per heavy atom. The van der Waals surface area contributed by atoms with Crippen molar-refractivity contribution in [2.24, 2.45) is 5.16 Å². The van der Waals surface area contributed by atoms with Crippen molar-refractivity contribution >= 4 is 11.7 Å². The van der Waals surface area contributed by atoms with Crippen LogP contribution in [0.4, 0.5) is 10.3 Å². The van der Waals surface area contributed by atoms with Crippen molar-refractivity contribution in [2.75, 3.05) is 44.2 Å². The Labute approximate surface area is 171 Å². The molecule has 29 heavy (non-hydrogen) atoms. The van der Waals surface area contributed by atoms with E-state index in [9.17, 15) is 4.39 Å². The lowest BCUT2D eigenvalue weighted by molar-refractivity contribution is 0.101. The molecule has 4 rings (SSSR count). The molecule has 1 aromatic heterocycles. The average molecular weight is 397 g/mol. The number of halogens is 1. The van der Waals surface area contributed by atoms with Crippen molar-refractivity contribution in [3.63, 3.8) is 0 Å². The number of rotatable bonds is 7. The molecule has 0 radical (unpaired) electrons. The number of aryl methyl sites for hydroxylation is 1. The fourth-order valence-electron chi connectivity index (χ4n) is 3.78. The van der Waals surface area contributed by atoms with E-state index >= 15 is 0 Å². The van der Waals surface area contributed by atoms with Gasteiger partial charge in [0.15, 0.2) is 0 Å². The molecule has 6 nitrogen and oxygen atoms in total. The molecule has 3 heterocycles. The Morgan fingerprint density at radius 1 is 1.10 bits per heavy atom. The van der Waals surface area contributed by atoms with Gasteiger partial charge in [-0.2, -0.15) is 0 Å². The van der Waals surface area contributed by atoms with Crippen molar-refractivity contribution in [2.45, 2.75) is 32.6 Å². The molecule has 0 aliphatic carbocycles. The number of oxime groups is 1. The van der Waals surface area contributed by atoms with Crippen LogP contribution in [0.1, 0.15) is 31.7 Å². The van der Waals surface area contributed by atoms with Crippen molar-refractivity contribution < 1.29 is 9.23 Å². The molecule has 0 N–H and O–H groups in total. The first-order chi connectivity index (χ1) is 14.2. The normalized spacial score (nSPS) is 17.2. The molecule has 0 amide bonds. The lowest BCUT2D eigenvalue weighted by atomic mass is 10.0. The van der Waals surface area contributed by atoms with Crippen LogP contribution in [-0.2, 0) is 11.3 Å². The van der Waals surface area contributed by atoms with Gasteiger partial charge in [0.05, 0.1) is 18.8 Å². The molecule has 0 saturated carbocycles. The largest absolute Gasteiger partial charge is 0.394 e. The third-order valence-corrected chi connectivity index (χ3v) is 5.58. The van der Waals surface area contributed by atoms with Crippen LogP contribution in [0.25, 0.3) is 11.1 Å². The smallest absolute Gasteiger partial charge is 0.225 e. The van der Waals surface area contributed by atoms with Crippen LogP contribution >= 0.6 is 0 Å². The van der Waals surface area contributed by atoms with Crippen molar-refractivity contribution in [1.29, 1.82) is 0 Å². The fraction of sp³-hybridized carbons (Fsp3) is 0.500. The van der Waals surface area contributed by atoms with E-state index < -0.39 is 0 Å². The summed E-state index contributed by atoms with van der Waals surface area (Å²) < 4.78 is 14.5. The molecule has 2 fully saturated rings. The van der Waals surface area contributed by atoms with Gasteiger partial charge in [0, 0.05) is 30.1 Å². The topological polar surface area (TPSA) is 53.9 Å². The van der Waals surface area contributed by atoms with Gasteiger partial charge in [-0.15, -0.1) is 0 Å². The van der Waals surface area contributed by atoms with Crippen LogP contribution in [0.15, 0.2) is 35.7 Å². The van der Waals surface area contributed by atoms with Gasteiger partial charge in [0.25, 0.3) is 0 Å². The van der Waals surface area contributed by atoms with Gasteiger partial charge >= 0.3 is 0 Å². The summed E-state index contributed by atoms with van der Waals surface area (Å²) in [4.78, 5) is 18.8. The van der Waals surface area contributed by atoms with Gasteiger partial charge in [-0.1, -0.05) is 36.7 Å². The summed E-state index contributed by atoms with van der Waals surface area (Å²) in [5.74, 6) is 0.444. The summed E-state index contributed by atoms with van der Waals surface area (Å²) in [5, 5.41) is 4.23. The van der Waals surface area contributed by atoms with Crippen molar-refractivity contribution in [3.05, 3.63) is 42.0 Å². The predicted octanol–water partition coefficient (Wildman–Crippen LogP) is 3.52. The maximum Gasteiger partial charge on any atom is 0.225 e. The zero-order chi connectivity index (χ0) is 20.1. The highest BCUT2D eigenvalue weighted by Gasteiger charge is 2.25. The first-order valence-electron chi connectivity index (χ1n) is 10.5. The molecule has 2 saturated heterocycles. The lowest BCUT2D eigenvalue weighted by Gasteiger charge is -2.32. The number of piperidine rings is 1. The summed E-state index contributed by atoms with van der Waals surface area (Å²) in [6.45, 7) is 7.22. The van der Waals surface area contributed by atoms with Crippen LogP contribution in [0.2, 0.25) is 0 Å². The van der Waals surface area contributed by atoms with Gasteiger partial charge in [0.1, 0.15) is 12.4 Å². The van der Waals surface area contributed by atoms with Crippen LogP contribution in [-0.4, -0.2) is 59.9 Å². The van der Waals surface area contributed by atoms with E-state index in [2.05, 4.69) is 20.0 Å². The van der Waals surface area contributed by atoms with Crippen LogP contribution in [0.5, 0.6) is 0 Å². The molecule has 0 bridgehead atoms. The van der Waals surface area contributed by atoms with Gasteiger partial charge in [-0.05, 0) is 37.9 Å². The quantitative estimate of drug-likeness (QED) is 0.529. The summed E-state index contributed by atoms with van der Waals surface area (Å²) in [6, 6.07) is 5.45. The van der Waals surface area contributed by atoms with E-state index in [1.54, 1.807) is 18.5 Å². The van der Waals surface area contributed by atoms with Gasteiger partial charge in [-0.25, -0.2) is 14.4 Å². The number of likely N-dealkylation sites (tertiary alicyclic amines) is 1. The maximum atomic E-state index is 14.5. The highest BCUT2D eigenvalue weighted by Crippen LogP contribution is 2.25. The number of nitrogens with zero attached hydrogens (tertiary/aromatic N) is 5.